The van der Waals surface area contributed by atoms with E-state index in [2.05, 4.69) is 36.4 Å². The summed E-state index contributed by atoms with van der Waals surface area (Å²) in [5, 5.41) is 11.8. The van der Waals surface area contributed by atoms with Crippen LogP contribution in [0.5, 0.6) is 0 Å². The molecule has 2 fully saturated rings. The van der Waals surface area contributed by atoms with Crippen LogP contribution in [-0.4, -0.2) is 87.8 Å². The number of rotatable bonds is 7. The number of amides is 1. The summed E-state index contributed by atoms with van der Waals surface area (Å²) in [6.45, 7) is 7.65. The molecular formula is C23H29N7O2. The van der Waals surface area contributed by atoms with Gasteiger partial charge in [0.2, 0.25) is 0 Å². The number of likely N-dealkylation sites (tertiary alicyclic amines) is 1. The highest BCUT2D eigenvalue weighted by atomic mass is 16.5. The molecule has 5 heterocycles. The van der Waals surface area contributed by atoms with Gasteiger partial charge in [-0.05, 0) is 36.7 Å². The summed E-state index contributed by atoms with van der Waals surface area (Å²) in [6, 6.07) is 7.77. The molecule has 2 saturated heterocycles. The fourth-order valence-electron chi connectivity index (χ4n) is 4.51. The standard InChI is InChI=1S/C23H29N7O2/c31-23(25-7-9-28-10-12-32-13-11-28)20-3-4-21-26-27-22(30(21)17-20)19-5-8-29(16-19)15-18-2-1-6-24-14-18/h1-4,6,14,17,19H,5,7-13,15-16H2,(H,25,31)/t19-/m0/s1. The molecular weight excluding hydrogens is 406 g/mol. The molecule has 0 saturated carbocycles. The zero-order chi connectivity index (χ0) is 21.8. The fraction of sp³-hybridized carbons (Fsp3) is 0.478. The minimum absolute atomic E-state index is 0.0653. The molecule has 2 aliphatic heterocycles. The first-order valence-electron chi connectivity index (χ1n) is 11.3. The van der Waals surface area contributed by atoms with Gasteiger partial charge in [-0.25, -0.2) is 0 Å². The van der Waals surface area contributed by atoms with Crippen molar-refractivity contribution in [3.63, 3.8) is 0 Å². The molecule has 168 valence electrons. The van der Waals surface area contributed by atoms with Crippen molar-refractivity contribution >= 4 is 11.6 Å². The first-order chi connectivity index (χ1) is 15.8. The van der Waals surface area contributed by atoms with E-state index in [1.165, 1.54) is 5.56 Å². The van der Waals surface area contributed by atoms with Crippen LogP contribution in [-0.2, 0) is 11.3 Å². The second-order valence-electron chi connectivity index (χ2n) is 8.50. The fourth-order valence-corrected chi connectivity index (χ4v) is 4.51. The zero-order valence-corrected chi connectivity index (χ0v) is 18.2. The van der Waals surface area contributed by atoms with Crippen molar-refractivity contribution in [1.29, 1.82) is 0 Å². The van der Waals surface area contributed by atoms with Crippen molar-refractivity contribution in [2.24, 2.45) is 0 Å². The van der Waals surface area contributed by atoms with Crippen LogP contribution in [0.15, 0.2) is 42.9 Å². The molecule has 5 rings (SSSR count). The van der Waals surface area contributed by atoms with Crippen LogP contribution in [0, 0.1) is 0 Å². The van der Waals surface area contributed by atoms with E-state index in [1.54, 1.807) is 6.20 Å². The molecule has 32 heavy (non-hydrogen) atoms. The quantitative estimate of drug-likeness (QED) is 0.596. The number of pyridine rings is 2. The van der Waals surface area contributed by atoms with Gasteiger partial charge in [0, 0.05) is 63.8 Å². The zero-order valence-electron chi connectivity index (χ0n) is 18.2. The minimum atomic E-state index is -0.0653. The molecule has 1 N–H and O–H groups in total. The Balaban J connectivity index is 1.22. The Hall–Kier alpha value is -2.88. The van der Waals surface area contributed by atoms with Crippen LogP contribution in [0.25, 0.3) is 5.65 Å². The summed E-state index contributed by atoms with van der Waals surface area (Å²) >= 11 is 0. The maximum atomic E-state index is 12.7. The van der Waals surface area contributed by atoms with Crippen molar-refractivity contribution in [3.05, 3.63) is 59.8 Å². The van der Waals surface area contributed by atoms with E-state index >= 15 is 0 Å². The number of aromatic nitrogens is 4. The number of nitrogens with zero attached hydrogens (tertiary/aromatic N) is 6. The molecule has 3 aromatic heterocycles. The van der Waals surface area contributed by atoms with Gasteiger partial charge in [0.05, 0.1) is 18.8 Å². The smallest absolute Gasteiger partial charge is 0.252 e. The average Bonchev–Trinajstić information content (AvgIpc) is 3.46. The molecule has 9 nitrogen and oxygen atoms in total. The van der Waals surface area contributed by atoms with E-state index < -0.39 is 0 Å². The van der Waals surface area contributed by atoms with Crippen molar-refractivity contribution in [2.75, 3.05) is 52.5 Å². The number of fused-ring (bicyclic) bond motifs is 1. The number of hydrogen-bond acceptors (Lipinski definition) is 7. The van der Waals surface area contributed by atoms with Crippen molar-refractivity contribution < 1.29 is 9.53 Å². The maximum Gasteiger partial charge on any atom is 0.252 e. The second-order valence-corrected chi connectivity index (χ2v) is 8.50. The first-order valence-corrected chi connectivity index (χ1v) is 11.3. The lowest BCUT2D eigenvalue weighted by Gasteiger charge is -2.26. The predicted octanol–water partition coefficient (Wildman–Crippen LogP) is 1.18. The monoisotopic (exact) mass is 435 g/mol. The molecule has 1 amide bonds. The molecule has 0 bridgehead atoms. The molecule has 2 aliphatic rings. The van der Waals surface area contributed by atoms with Crippen LogP contribution in [0.3, 0.4) is 0 Å². The summed E-state index contributed by atoms with van der Waals surface area (Å²) in [5.41, 5.74) is 2.62. The van der Waals surface area contributed by atoms with E-state index in [4.69, 9.17) is 4.74 Å². The Labute approximate surface area is 187 Å². The summed E-state index contributed by atoms with van der Waals surface area (Å²) in [7, 11) is 0. The lowest BCUT2D eigenvalue weighted by molar-refractivity contribution is 0.0383. The Bertz CT molecular complexity index is 1050. The highest BCUT2D eigenvalue weighted by Gasteiger charge is 2.28. The first kappa shape index (κ1) is 21.0. The van der Waals surface area contributed by atoms with Gasteiger partial charge < -0.3 is 10.1 Å². The Morgan fingerprint density at radius 3 is 2.88 bits per heavy atom. The number of carbonyl (C=O) groups excluding carboxylic acids is 1. The van der Waals surface area contributed by atoms with Gasteiger partial charge in [-0.1, -0.05) is 6.07 Å². The van der Waals surface area contributed by atoms with Gasteiger partial charge >= 0.3 is 0 Å². The van der Waals surface area contributed by atoms with Crippen LogP contribution in [0.1, 0.15) is 34.1 Å². The Morgan fingerprint density at radius 2 is 2.03 bits per heavy atom. The largest absolute Gasteiger partial charge is 0.379 e. The normalized spacial score (nSPS) is 20.1. The lowest BCUT2D eigenvalue weighted by atomic mass is 10.1. The maximum absolute atomic E-state index is 12.7. The average molecular weight is 436 g/mol. The van der Waals surface area contributed by atoms with E-state index in [1.807, 2.05) is 35.0 Å². The third kappa shape index (κ3) is 4.79. The second kappa shape index (κ2) is 9.72. The molecule has 9 heteroatoms. The van der Waals surface area contributed by atoms with Gasteiger partial charge in [0.25, 0.3) is 5.91 Å². The number of hydrogen-bond donors (Lipinski definition) is 1. The van der Waals surface area contributed by atoms with Crippen LogP contribution in [0.2, 0.25) is 0 Å². The van der Waals surface area contributed by atoms with Crippen LogP contribution >= 0.6 is 0 Å². The minimum Gasteiger partial charge on any atom is -0.379 e. The molecule has 3 aromatic rings. The highest BCUT2D eigenvalue weighted by molar-refractivity contribution is 5.94. The van der Waals surface area contributed by atoms with E-state index in [0.717, 1.165) is 70.4 Å². The van der Waals surface area contributed by atoms with Gasteiger partial charge in [-0.15, -0.1) is 10.2 Å². The van der Waals surface area contributed by atoms with Crippen LogP contribution < -0.4 is 5.32 Å². The molecule has 0 aromatic carbocycles. The number of carbonyl (C=O) groups is 1. The van der Waals surface area contributed by atoms with Crippen molar-refractivity contribution in [2.45, 2.75) is 18.9 Å². The SMILES string of the molecule is O=C(NCCN1CCOCC1)c1ccc2nnc([C@H]3CCN(Cc4cccnc4)C3)n2c1. The van der Waals surface area contributed by atoms with Gasteiger partial charge in [0.15, 0.2) is 5.65 Å². The Kier molecular flexibility index (Phi) is 6.38. The summed E-state index contributed by atoms with van der Waals surface area (Å²) < 4.78 is 7.35. The number of nitrogens with one attached hydrogen (secondary N) is 1. The lowest BCUT2D eigenvalue weighted by Crippen LogP contribution is -2.41. The number of morpholine rings is 1. The third-order valence-electron chi connectivity index (χ3n) is 6.27. The molecule has 1 atom stereocenters. The molecule has 0 unspecified atom stereocenters. The van der Waals surface area contributed by atoms with E-state index in [9.17, 15) is 4.79 Å². The highest BCUT2D eigenvalue weighted by Crippen LogP contribution is 2.27. The Morgan fingerprint density at radius 1 is 1.12 bits per heavy atom. The van der Waals surface area contributed by atoms with Crippen LogP contribution in [0.4, 0.5) is 0 Å². The third-order valence-corrected chi connectivity index (χ3v) is 6.27. The number of ether oxygens (including phenoxy) is 1. The van der Waals surface area contributed by atoms with Gasteiger partial charge in [-0.2, -0.15) is 0 Å². The van der Waals surface area contributed by atoms with Gasteiger partial charge in [-0.3, -0.25) is 24.0 Å². The van der Waals surface area contributed by atoms with Gasteiger partial charge in [0.1, 0.15) is 5.82 Å². The topological polar surface area (TPSA) is 87.9 Å². The molecule has 0 aliphatic carbocycles. The van der Waals surface area contributed by atoms with Crippen molar-refractivity contribution in [3.8, 4) is 0 Å². The van der Waals surface area contributed by atoms with Crippen molar-refractivity contribution in [1.82, 2.24) is 34.7 Å². The molecule has 0 radical (unpaired) electrons. The molecule has 0 spiro atoms. The summed E-state index contributed by atoms with van der Waals surface area (Å²) in [5.74, 6) is 1.15. The summed E-state index contributed by atoms with van der Waals surface area (Å²) in [6.07, 6.45) is 6.62. The van der Waals surface area contributed by atoms with E-state index in [0.29, 0.717) is 18.0 Å². The summed E-state index contributed by atoms with van der Waals surface area (Å²) in [4.78, 5) is 21.7. The predicted molar refractivity (Wildman–Crippen MR) is 119 cm³/mol. The van der Waals surface area contributed by atoms with E-state index in [-0.39, 0.29) is 5.91 Å².